The number of hydrogen-bond acceptors (Lipinski definition) is 1. The average Bonchev–Trinajstić information content (AvgIpc) is 2.37. The Morgan fingerprint density at radius 1 is 1.27 bits per heavy atom. The van der Waals surface area contributed by atoms with Gasteiger partial charge in [-0.15, -0.1) is 11.3 Å². The Morgan fingerprint density at radius 3 is 2.64 bits per heavy atom. The summed E-state index contributed by atoms with van der Waals surface area (Å²) in [5.74, 6) is 0. The van der Waals surface area contributed by atoms with Crippen molar-refractivity contribution in [1.29, 1.82) is 0 Å². The lowest BCUT2D eigenvalue weighted by Gasteiger charge is -1.79. The van der Waals surface area contributed by atoms with Crippen LogP contribution >= 0.6 is 11.3 Å². The van der Waals surface area contributed by atoms with Gasteiger partial charge in [0.2, 0.25) is 0 Å². The van der Waals surface area contributed by atoms with Crippen LogP contribution in [0.5, 0.6) is 0 Å². The molecule has 1 aromatic rings. The highest BCUT2D eigenvalue weighted by Gasteiger charge is 1.88. The molecular weight excluding hydrogens is 152 g/mol. The molecule has 0 N–H and O–H groups in total. The molecule has 0 aliphatic heterocycles. The highest BCUT2D eigenvalue weighted by Crippen LogP contribution is 2.16. The van der Waals surface area contributed by atoms with Gasteiger partial charge in [0.05, 0.1) is 0 Å². The van der Waals surface area contributed by atoms with Crippen LogP contribution in [0.3, 0.4) is 0 Å². The summed E-state index contributed by atoms with van der Waals surface area (Å²) in [5, 5.41) is 0. The molecule has 0 aliphatic rings. The minimum Gasteiger partial charge on any atom is -0.141 e. The number of aryl methyl sites for hydroxylation is 1. The van der Waals surface area contributed by atoms with Gasteiger partial charge in [-0.1, -0.05) is 18.2 Å². The molecule has 0 nitrogen and oxygen atoms in total. The highest BCUT2D eigenvalue weighted by molar-refractivity contribution is 7.12. The maximum atomic E-state index is 2.14. The Kier molecular flexibility index (Phi) is 3.12. The Hall–Kier alpha value is -0.820. The van der Waals surface area contributed by atoms with Gasteiger partial charge in [-0.3, -0.25) is 0 Å². The van der Waals surface area contributed by atoms with Gasteiger partial charge < -0.3 is 0 Å². The van der Waals surface area contributed by atoms with Crippen molar-refractivity contribution in [1.82, 2.24) is 0 Å². The highest BCUT2D eigenvalue weighted by atomic mass is 32.1. The zero-order chi connectivity index (χ0) is 8.10. The topological polar surface area (TPSA) is 0 Å². The van der Waals surface area contributed by atoms with Crippen LogP contribution in [-0.2, 0) is 0 Å². The van der Waals surface area contributed by atoms with Gasteiger partial charge in [-0.05, 0) is 32.1 Å². The van der Waals surface area contributed by atoms with Crippen molar-refractivity contribution in [3.63, 3.8) is 0 Å². The van der Waals surface area contributed by atoms with E-state index in [9.17, 15) is 0 Å². The van der Waals surface area contributed by atoms with Crippen LogP contribution in [0.1, 0.15) is 16.7 Å². The summed E-state index contributed by atoms with van der Waals surface area (Å²) >= 11 is 1.82. The molecule has 1 aromatic heterocycles. The monoisotopic (exact) mass is 164 g/mol. The molecule has 1 heteroatoms. The molecule has 0 aromatic carbocycles. The third-order valence-corrected chi connectivity index (χ3v) is 2.29. The maximum absolute atomic E-state index is 2.14. The summed E-state index contributed by atoms with van der Waals surface area (Å²) in [4.78, 5) is 2.69. The summed E-state index contributed by atoms with van der Waals surface area (Å²) in [6.07, 6.45) is 8.24. The molecule has 0 aliphatic carbocycles. The van der Waals surface area contributed by atoms with E-state index in [1.165, 1.54) is 9.75 Å². The summed E-state index contributed by atoms with van der Waals surface area (Å²) in [6.45, 7) is 4.14. The SMILES string of the molecule is CC=CC=Cc1ccc(C)s1. The van der Waals surface area contributed by atoms with Gasteiger partial charge in [0.1, 0.15) is 0 Å². The lowest BCUT2D eigenvalue weighted by molar-refractivity contribution is 1.64. The Morgan fingerprint density at radius 2 is 2.09 bits per heavy atom. The summed E-state index contributed by atoms with van der Waals surface area (Å²) < 4.78 is 0. The summed E-state index contributed by atoms with van der Waals surface area (Å²) in [7, 11) is 0. The van der Waals surface area contributed by atoms with Crippen LogP contribution in [0.15, 0.2) is 30.4 Å². The molecule has 1 heterocycles. The van der Waals surface area contributed by atoms with E-state index in [1.807, 2.05) is 30.4 Å². The minimum atomic E-state index is 1.32. The Balaban J connectivity index is 2.64. The predicted molar refractivity (Wildman–Crippen MR) is 52.9 cm³/mol. The fourth-order valence-electron chi connectivity index (χ4n) is 0.805. The van der Waals surface area contributed by atoms with Crippen molar-refractivity contribution in [2.45, 2.75) is 13.8 Å². The Bertz CT molecular complexity index is 266. The van der Waals surface area contributed by atoms with E-state index in [0.717, 1.165) is 0 Å². The van der Waals surface area contributed by atoms with E-state index >= 15 is 0 Å². The molecule has 0 amide bonds. The van der Waals surface area contributed by atoms with Crippen molar-refractivity contribution >= 4 is 17.4 Å². The van der Waals surface area contributed by atoms with Crippen LogP contribution < -0.4 is 0 Å². The average molecular weight is 164 g/mol. The molecular formula is C10H12S. The van der Waals surface area contributed by atoms with Gasteiger partial charge in [0.25, 0.3) is 0 Å². The van der Waals surface area contributed by atoms with E-state index in [-0.39, 0.29) is 0 Å². The first-order chi connectivity index (χ1) is 5.33. The van der Waals surface area contributed by atoms with Crippen molar-refractivity contribution in [3.05, 3.63) is 40.1 Å². The molecule has 1 rings (SSSR count). The number of hydrogen-bond donors (Lipinski definition) is 0. The Labute approximate surface area is 71.9 Å². The van der Waals surface area contributed by atoms with E-state index < -0.39 is 0 Å². The molecule has 0 unspecified atom stereocenters. The summed E-state index contributed by atoms with van der Waals surface area (Å²) in [5.41, 5.74) is 0. The zero-order valence-electron chi connectivity index (χ0n) is 6.87. The van der Waals surface area contributed by atoms with E-state index in [0.29, 0.717) is 0 Å². The zero-order valence-corrected chi connectivity index (χ0v) is 7.69. The number of rotatable bonds is 2. The molecule has 0 atom stereocenters. The number of thiophene rings is 1. The molecule has 0 spiro atoms. The second kappa shape index (κ2) is 4.14. The lowest BCUT2D eigenvalue weighted by Crippen LogP contribution is -1.53. The van der Waals surface area contributed by atoms with Gasteiger partial charge in [0, 0.05) is 9.75 Å². The molecule has 58 valence electrons. The van der Waals surface area contributed by atoms with Crippen LogP contribution in [0.4, 0.5) is 0 Å². The van der Waals surface area contributed by atoms with E-state index in [1.54, 1.807) is 0 Å². The first-order valence-corrected chi connectivity index (χ1v) is 4.50. The molecule has 0 radical (unpaired) electrons. The fraction of sp³-hybridized carbons (Fsp3) is 0.200. The third-order valence-electron chi connectivity index (χ3n) is 1.33. The standard InChI is InChI=1S/C10H12S/c1-3-4-5-6-10-8-7-9(2)11-10/h3-8H,1-2H3. The smallest absolute Gasteiger partial charge is 0.0273 e. The second-order valence-corrected chi connectivity index (χ2v) is 3.65. The molecule has 0 fully saturated rings. The van der Waals surface area contributed by atoms with Gasteiger partial charge in [0.15, 0.2) is 0 Å². The molecule has 0 saturated heterocycles. The summed E-state index contributed by atoms with van der Waals surface area (Å²) in [6, 6.07) is 4.28. The predicted octanol–water partition coefficient (Wildman–Crippen LogP) is 3.65. The first-order valence-electron chi connectivity index (χ1n) is 3.68. The molecule has 11 heavy (non-hydrogen) atoms. The normalized spacial score (nSPS) is 11.8. The molecule has 0 bridgehead atoms. The lowest BCUT2D eigenvalue weighted by atomic mass is 10.4. The van der Waals surface area contributed by atoms with Gasteiger partial charge >= 0.3 is 0 Å². The maximum Gasteiger partial charge on any atom is 0.0273 e. The second-order valence-electron chi connectivity index (χ2n) is 2.33. The largest absolute Gasteiger partial charge is 0.141 e. The van der Waals surface area contributed by atoms with Gasteiger partial charge in [-0.25, -0.2) is 0 Å². The van der Waals surface area contributed by atoms with E-state index in [4.69, 9.17) is 0 Å². The third kappa shape index (κ3) is 2.72. The fourth-order valence-corrected chi connectivity index (χ4v) is 1.60. The van der Waals surface area contributed by atoms with Crippen molar-refractivity contribution in [3.8, 4) is 0 Å². The van der Waals surface area contributed by atoms with Crippen LogP contribution in [0.2, 0.25) is 0 Å². The molecule has 0 saturated carbocycles. The van der Waals surface area contributed by atoms with Gasteiger partial charge in [-0.2, -0.15) is 0 Å². The van der Waals surface area contributed by atoms with Crippen LogP contribution in [-0.4, -0.2) is 0 Å². The van der Waals surface area contributed by atoms with Crippen LogP contribution in [0.25, 0.3) is 6.08 Å². The van der Waals surface area contributed by atoms with Crippen molar-refractivity contribution < 1.29 is 0 Å². The number of allylic oxidation sites excluding steroid dienone is 3. The quantitative estimate of drug-likeness (QED) is 0.585. The van der Waals surface area contributed by atoms with Crippen LogP contribution in [0, 0.1) is 6.92 Å². The first kappa shape index (κ1) is 8.28. The minimum absolute atomic E-state index is 1.32. The van der Waals surface area contributed by atoms with E-state index in [2.05, 4.69) is 31.2 Å². The van der Waals surface area contributed by atoms with Crippen molar-refractivity contribution in [2.24, 2.45) is 0 Å². The van der Waals surface area contributed by atoms with Crippen molar-refractivity contribution in [2.75, 3.05) is 0 Å².